The maximum Gasteiger partial charge on any atom is 0.317 e. The summed E-state index contributed by atoms with van der Waals surface area (Å²) < 4.78 is 0. The number of nitrogens with one attached hydrogen (secondary N) is 1. The Kier molecular flexibility index (Phi) is 5.60. The molecule has 110 valence electrons. The first-order valence-corrected chi connectivity index (χ1v) is 6.82. The molecule has 3 N–H and O–H groups in total. The molecule has 6 heteroatoms. The van der Waals surface area contributed by atoms with Crippen LogP contribution in [0.25, 0.3) is 0 Å². The van der Waals surface area contributed by atoms with E-state index >= 15 is 0 Å². The molecule has 1 atom stereocenters. The smallest absolute Gasteiger partial charge is 0.317 e. The van der Waals surface area contributed by atoms with Crippen molar-refractivity contribution in [2.24, 2.45) is 5.92 Å². The molecule has 1 saturated carbocycles. The molecule has 0 saturated heterocycles. The fourth-order valence-corrected chi connectivity index (χ4v) is 2.46. The minimum Gasteiger partial charge on any atom is -0.481 e. The molecule has 1 aliphatic rings. The summed E-state index contributed by atoms with van der Waals surface area (Å²) in [5, 5.41) is 21.7. The van der Waals surface area contributed by atoms with Crippen LogP contribution in [0.15, 0.2) is 0 Å². The van der Waals surface area contributed by atoms with Crippen LogP contribution in [0.1, 0.15) is 39.0 Å². The Morgan fingerprint density at radius 1 is 1.37 bits per heavy atom. The predicted octanol–water partition coefficient (Wildman–Crippen LogP) is 1.04. The molecule has 0 bridgehead atoms. The summed E-state index contributed by atoms with van der Waals surface area (Å²) in [5.74, 6) is -1.47. The van der Waals surface area contributed by atoms with Gasteiger partial charge in [0.25, 0.3) is 0 Å². The van der Waals surface area contributed by atoms with Crippen LogP contribution in [-0.2, 0) is 4.79 Å². The normalized spacial score (nSPS) is 18.9. The maximum atomic E-state index is 11.8. The highest BCUT2D eigenvalue weighted by Crippen LogP contribution is 2.29. The van der Waals surface area contributed by atoms with E-state index in [1.807, 2.05) is 0 Å². The molecule has 0 heterocycles. The lowest BCUT2D eigenvalue weighted by molar-refractivity contribution is -0.141. The van der Waals surface area contributed by atoms with Crippen molar-refractivity contribution in [1.82, 2.24) is 10.2 Å². The molecule has 0 radical (unpaired) electrons. The van der Waals surface area contributed by atoms with E-state index in [-0.39, 0.29) is 12.6 Å². The van der Waals surface area contributed by atoms with Crippen molar-refractivity contribution in [2.75, 3.05) is 20.1 Å². The number of carboxylic acids is 1. The zero-order valence-electron chi connectivity index (χ0n) is 11.7. The summed E-state index contributed by atoms with van der Waals surface area (Å²) >= 11 is 0. The third kappa shape index (κ3) is 4.70. The van der Waals surface area contributed by atoms with Gasteiger partial charge in [0.05, 0.1) is 18.1 Å². The number of urea groups is 1. The Hall–Kier alpha value is -1.30. The van der Waals surface area contributed by atoms with E-state index in [4.69, 9.17) is 5.11 Å². The van der Waals surface area contributed by atoms with Crippen LogP contribution in [0.4, 0.5) is 4.79 Å². The van der Waals surface area contributed by atoms with E-state index in [1.165, 1.54) is 4.90 Å². The van der Waals surface area contributed by atoms with E-state index in [1.54, 1.807) is 14.0 Å². The maximum absolute atomic E-state index is 11.8. The van der Waals surface area contributed by atoms with Gasteiger partial charge in [-0.1, -0.05) is 19.8 Å². The molecule has 2 amide bonds. The van der Waals surface area contributed by atoms with Crippen LogP contribution in [0, 0.1) is 5.92 Å². The van der Waals surface area contributed by atoms with Crippen molar-refractivity contribution in [2.45, 2.75) is 44.6 Å². The Balaban J connectivity index is 2.38. The fraction of sp³-hybridized carbons (Fsp3) is 0.846. The summed E-state index contributed by atoms with van der Waals surface area (Å²) in [7, 11) is 1.62. The number of nitrogens with zero attached hydrogens (tertiary/aromatic N) is 1. The van der Waals surface area contributed by atoms with Crippen molar-refractivity contribution in [3.05, 3.63) is 0 Å². The standard InChI is InChI=1S/C13H24N2O4/c1-3-10(11(16)17)8-14-12(18)15(2)9-13(19)6-4-5-7-13/h10,19H,3-9H2,1-2H3,(H,14,18)(H,16,17). The third-order valence-electron chi connectivity index (χ3n) is 3.75. The molecule has 19 heavy (non-hydrogen) atoms. The number of aliphatic hydroxyl groups is 1. The molecule has 0 aliphatic heterocycles. The van der Waals surface area contributed by atoms with Crippen molar-refractivity contribution < 1.29 is 19.8 Å². The highest BCUT2D eigenvalue weighted by atomic mass is 16.4. The Morgan fingerprint density at radius 2 is 1.95 bits per heavy atom. The van der Waals surface area contributed by atoms with Crippen molar-refractivity contribution >= 4 is 12.0 Å². The molecule has 0 aromatic rings. The van der Waals surface area contributed by atoms with Gasteiger partial charge in [0.15, 0.2) is 0 Å². The van der Waals surface area contributed by atoms with E-state index in [9.17, 15) is 14.7 Å². The number of hydrogen-bond donors (Lipinski definition) is 3. The van der Waals surface area contributed by atoms with Crippen molar-refractivity contribution in [3.63, 3.8) is 0 Å². The molecule has 0 aromatic carbocycles. The van der Waals surface area contributed by atoms with Gasteiger partial charge in [-0.25, -0.2) is 4.79 Å². The van der Waals surface area contributed by atoms with Gasteiger partial charge >= 0.3 is 12.0 Å². The third-order valence-corrected chi connectivity index (χ3v) is 3.75. The summed E-state index contributed by atoms with van der Waals surface area (Å²) in [6, 6.07) is -0.333. The molecular weight excluding hydrogens is 248 g/mol. The molecule has 0 aromatic heterocycles. The number of hydrogen-bond acceptors (Lipinski definition) is 3. The van der Waals surface area contributed by atoms with Crippen LogP contribution in [0.3, 0.4) is 0 Å². The van der Waals surface area contributed by atoms with E-state index < -0.39 is 17.5 Å². The van der Waals surface area contributed by atoms with Crippen LogP contribution < -0.4 is 5.32 Å². The predicted molar refractivity (Wildman–Crippen MR) is 70.9 cm³/mol. The van der Waals surface area contributed by atoms with Gasteiger partial charge in [0, 0.05) is 13.6 Å². The number of carboxylic acid groups (broad SMARTS) is 1. The van der Waals surface area contributed by atoms with E-state index in [2.05, 4.69) is 5.32 Å². The highest BCUT2D eigenvalue weighted by molar-refractivity contribution is 5.75. The van der Waals surface area contributed by atoms with Gasteiger partial charge in [-0.3, -0.25) is 4.79 Å². The Bertz CT molecular complexity index is 327. The topological polar surface area (TPSA) is 89.9 Å². The van der Waals surface area contributed by atoms with Gasteiger partial charge in [-0.05, 0) is 19.3 Å². The first-order valence-electron chi connectivity index (χ1n) is 6.82. The lowest BCUT2D eigenvalue weighted by atomic mass is 10.0. The number of aliphatic carboxylic acids is 1. The molecule has 0 spiro atoms. The quantitative estimate of drug-likeness (QED) is 0.674. The van der Waals surface area contributed by atoms with Crippen molar-refractivity contribution in [3.8, 4) is 0 Å². The van der Waals surface area contributed by atoms with Gasteiger partial charge in [-0.15, -0.1) is 0 Å². The fourth-order valence-electron chi connectivity index (χ4n) is 2.46. The second-order valence-corrected chi connectivity index (χ2v) is 5.42. The molecule has 1 unspecified atom stereocenters. The van der Waals surface area contributed by atoms with Crippen LogP contribution in [0.2, 0.25) is 0 Å². The lowest BCUT2D eigenvalue weighted by Gasteiger charge is -2.29. The molecular formula is C13H24N2O4. The van der Waals surface area contributed by atoms with Gasteiger partial charge in [-0.2, -0.15) is 0 Å². The zero-order chi connectivity index (χ0) is 14.5. The van der Waals surface area contributed by atoms with Crippen LogP contribution >= 0.6 is 0 Å². The van der Waals surface area contributed by atoms with Gasteiger partial charge in [0.1, 0.15) is 0 Å². The zero-order valence-corrected chi connectivity index (χ0v) is 11.7. The van der Waals surface area contributed by atoms with Crippen LogP contribution in [0.5, 0.6) is 0 Å². The molecule has 1 rings (SSSR count). The number of rotatable bonds is 6. The monoisotopic (exact) mass is 272 g/mol. The van der Waals surface area contributed by atoms with E-state index in [0.29, 0.717) is 13.0 Å². The summed E-state index contributed by atoms with van der Waals surface area (Å²) in [6.45, 7) is 2.19. The van der Waals surface area contributed by atoms with Gasteiger partial charge < -0.3 is 20.4 Å². The molecule has 6 nitrogen and oxygen atoms in total. The summed E-state index contributed by atoms with van der Waals surface area (Å²) in [6.07, 6.45) is 3.89. The number of likely N-dealkylation sites (N-methyl/N-ethyl adjacent to an activating group) is 1. The SMILES string of the molecule is CCC(CNC(=O)N(C)CC1(O)CCCC1)C(=O)O. The second-order valence-electron chi connectivity index (χ2n) is 5.42. The van der Waals surface area contributed by atoms with Crippen LogP contribution in [-0.4, -0.2) is 52.9 Å². The summed E-state index contributed by atoms with van der Waals surface area (Å²) in [5.41, 5.74) is -0.775. The minimum atomic E-state index is -0.903. The first kappa shape index (κ1) is 15.8. The number of carbonyl (C=O) groups excluding carboxylic acids is 1. The molecule has 1 fully saturated rings. The average Bonchev–Trinajstić information content (AvgIpc) is 2.75. The molecule has 1 aliphatic carbocycles. The highest BCUT2D eigenvalue weighted by Gasteiger charge is 2.33. The Labute approximate surface area is 113 Å². The lowest BCUT2D eigenvalue weighted by Crippen LogP contribution is -2.47. The number of amides is 2. The van der Waals surface area contributed by atoms with Gasteiger partial charge in [0.2, 0.25) is 0 Å². The van der Waals surface area contributed by atoms with E-state index in [0.717, 1.165) is 25.7 Å². The first-order chi connectivity index (χ1) is 8.88. The second kappa shape index (κ2) is 6.75. The largest absolute Gasteiger partial charge is 0.481 e. The van der Waals surface area contributed by atoms with Crippen molar-refractivity contribution in [1.29, 1.82) is 0 Å². The number of carbonyl (C=O) groups is 2. The minimum absolute atomic E-state index is 0.118. The average molecular weight is 272 g/mol. The Morgan fingerprint density at radius 3 is 2.42 bits per heavy atom. The summed E-state index contributed by atoms with van der Waals surface area (Å²) in [4.78, 5) is 24.1.